The summed E-state index contributed by atoms with van der Waals surface area (Å²) in [5.74, 6) is 0.475. The van der Waals surface area contributed by atoms with Crippen molar-refractivity contribution in [2.45, 2.75) is 45.2 Å². The molecule has 0 spiro atoms. The van der Waals surface area contributed by atoms with E-state index >= 15 is 0 Å². The number of urea groups is 1. The third kappa shape index (κ3) is 4.33. The van der Waals surface area contributed by atoms with Crippen LogP contribution in [0, 0.1) is 0 Å². The Morgan fingerprint density at radius 1 is 1.35 bits per heavy atom. The minimum absolute atomic E-state index is 0.0498. The number of halogens is 2. The summed E-state index contributed by atoms with van der Waals surface area (Å²) in [4.78, 5) is 14.5. The molecule has 0 unspecified atom stereocenters. The number of nitrogens with one attached hydrogen (secondary N) is 1. The van der Waals surface area contributed by atoms with Gasteiger partial charge in [0, 0.05) is 35.9 Å². The largest absolute Gasteiger partial charge is 0.331 e. The minimum Gasteiger partial charge on any atom is -0.331 e. The summed E-state index contributed by atoms with van der Waals surface area (Å²) in [6.07, 6.45) is 5.98. The lowest BCUT2D eigenvalue weighted by molar-refractivity contribution is 0.178. The zero-order chi connectivity index (χ0) is 18.7. The zero-order valence-electron chi connectivity index (χ0n) is 15.1. The SMILES string of the molecule is CCn1cc(C2CCN(C(=O)N[C@@H](C)c3ccc(Cl)cc3Cl)CC2)cn1. The van der Waals surface area contributed by atoms with Gasteiger partial charge in [0.2, 0.25) is 0 Å². The van der Waals surface area contributed by atoms with Crippen molar-refractivity contribution >= 4 is 29.2 Å². The van der Waals surface area contributed by atoms with Crippen LogP contribution in [0.4, 0.5) is 4.79 Å². The number of aromatic nitrogens is 2. The number of nitrogens with zero attached hydrogens (tertiary/aromatic N) is 3. The summed E-state index contributed by atoms with van der Waals surface area (Å²) in [5, 5.41) is 8.55. The number of hydrogen-bond donors (Lipinski definition) is 1. The van der Waals surface area contributed by atoms with E-state index in [1.54, 1.807) is 12.1 Å². The lowest BCUT2D eigenvalue weighted by Gasteiger charge is -2.32. The fraction of sp³-hybridized carbons (Fsp3) is 0.474. The molecule has 1 aliphatic heterocycles. The van der Waals surface area contributed by atoms with Gasteiger partial charge in [0.15, 0.2) is 0 Å². The highest BCUT2D eigenvalue weighted by molar-refractivity contribution is 6.35. The number of amides is 2. The number of carbonyl (C=O) groups excluding carboxylic acids is 1. The van der Waals surface area contributed by atoms with Crippen LogP contribution >= 0.6 is 23.2 Å². The van der Waals surface area contributed by atoms with Crippen molar-refractivity contribution in [2.24, 2.45) is 0 Å². The molecule has 1 N–H and O–H groups in total. The van der Waals surface area contributed by atoms with Gasteiger partial charge in [-0.1, -0.05) is 29.3 Å². The number of carbonyl (C=O) groups is 1. The Labute approximate surface area is 164 Å². The van der Waals surface area contributed by atoms with E-state index in [4.69, 9.17) is 23.2 Å². The van der Waals surface area contributed by atoms with Gasteiger partial charge in [-0.25, -0.2) is 4.79 Å². The molecule has 1 saturated heterocycles. The second-order valence-electron chi connectivity index (χ2n) is 6.73. The lowest BCUT2D eigenvalue weighted by atomic mass is 9.92. The van der Waals surface area contributed by atoms with Crippen molar-refractivity contribution in [1.29, 1.82) is 0 Å². The number of piperidine rings is 1. The van der Waals surface area contributed by atoms with Crippen molar-refractivity contribution in [2.75, 3.05) is 13.1 Å². The first-order valence-corrected chi connectivity index (χ1v) is 9.76. The predicted octanol–water partition coefficient (Wildman–Crippen LogP) is 4.86. The van der Waals surface area contributed by atoms with Gasteiger partial charge in [0.05, 0.1) is 12.2 Å². The van der Waals surface area contributed by atoms with Crippen LogP contribution in [0.5, 0.6) is 0 Å². The summed E-state index contributed by atoms with van der Waals surface area (Å²) in [5.41, 5.74) is 2.14. The molecule has 1 atom stereocenters. The molecule has 0 saturated carbocycles. The topological polar surface area (TPSA) is 50.2 Å². The molecule has 2 heterocycles. The highest BCUT2D eigenvalue weighted by Crippen LogP contribution is 2.29. The highest BCUT2D eigenvalue weighted by atomic mass is 35.5. The average Bonchev–Trinajstić information content (AvgIpc) is 3.11. The Morgan fingerprint density at radius 3 is 2.69 bits per heavy atom. The molecule has 1 fully saturated rings. The first-order chi connectivity index (χ1) is 12.5. The molecule has 1 aliphatic rings. The van der Waals surface area contributed by atoms with Crippen LogP contribution in [0.1, 0.15) is 49.8 Å². The van der Waals surface area contributed by atoms with Gasteiger partial charge in [-0.15, -0.1) is 0 Å². The van der Waals surface area contributed by atoms with Gasteiger partial charge in [0.1, 0.15) is 0 Å². The highest BCUT2D eigenvalue weighted by Gasteiger charge is 2.25. The molecule has 7 heteroatoms. The van der Waals surface area contributed by atoms with Crippen LogP contribution in [-0.2, 0) is 6.54 Å². The molecule has 2 aromatic rings. The van der Waals surface area contributed by atoms with E-state index in [1.807, 2.05) is 28.8 Å². The third-order valence-electron chi connectivity index (χ3n) is 5.00. The summed E-state index contributed by atoms with van der Waals surface area (Å²) >= 11 is 12.2. The lowest BCUT2D eigenvalue weighted by Crippen LogP contribution is -2.44. The van der Waals surface area contributed by atoms with Crippen LogP contribution in [-0.4, -0.2) is 33.8 Å². The van der Waals surface area contributed by atoms with E-state index < -0.39 is 0 Å². The average molecular weight is 395 g/mol. The molecule has 3 rings (SSSR count). The molecule has 2 amide bonds. The Bertz CT molecular complexity index is 769. The van der Waals surface area contributed by atoms with Crippen molar-refractivity contribution in [3.8, 4) is 0 Å². The van der Waals surface area contributed by atoms with Gasteiger partial charge in [-0.2, -0.15) is 5.10 Å². The van der Waals surface area contributed by atoms with E-state index in [0.717, 1.165) is 38.0 Å². The Morgan fingerprint density at radius 2 is 2.08 bits per heavy atom. The van der Waals surface area contributed by atoms with Gasteiger partial charge in [-0.05, 0) is 55.9 Å². The van der Waals surface area contributed by atoms with Crippen molar-refractivity contribution in [1.82, 2.24) is 20.0 Å². The van der Waals surface area contributed by atoms with Gasteiger partial charge < -0.3 is 10.2 Å². The van der Waals surface area contributed by atoms with E-state index in [1.165, 1.54) is 5.56 Å². The fourth-order valence-corrected chi connectivity index (χ4v) is 3.96. The predicted molar refractivity (Wildman–Crippen MR) is 105 cm³/mol. The molecule has 0 bridgehead atoms. The van der Waals surface area contributed by atoms with E-state index in [-0.39, 0.29) is 12.1 Å². The normalized spacial score (nSPS) is 16.5. The van der Waals surface area contributed by atoms with Gasteiger partial charge in [0.25, 0.3) is 0 Å². The van der Waals surface area contributed by atoms with Crippen LogP contribution in [0.2, 0.25) is 10.0 Å². The maximum atomic E-state index is 12.6. The number of aryl methyl sites for hydroxylation is 1. The molecular formula is C19H24Cl2N4O. The summed E-state index contributed by atoms with van der Waals surface area (Å²) < 4.78 is 1.95. The van der Waals surface area contributed by atoms with E-state index in [2.05, 4.69) is 23.5 Å². The Kier molecular flexibility index (Phi) is 6.09. The molecule has 5 nitrogen and oxygen atoms in total. The van der Waals surface area contributed by atoms with Gasteiger partial charge >= 0.3 is 6.03 Å². The number of hydrogen-bond acceptors (Lipinski definition) is 2. The standard InChI is InChI=1S/C19H24Cl2N4O/c1-3-25-12-15(11-22-25)14-6-8-24(9-7-14)19(26)23-13(2)17-5-4-16(20)10-18(17)21/h4-5,10-14H,3,6-9H2,1-2H3,(H,23,26)/t13-/m0/s1. The zero-order valence-corrected chi connectivity index (χ0v) is 16.6. The van der Waals surface area contributed by atoms with E-state index in [9.17, 15) is 4.79 Å². The fourth-order valence-electron chi connectivity index (χ4n) is 3.39. The van der Waals surface area contributed by atoms with Crippen molar-refractivity contribution in [3.05, 3.63) is 51.8 Å². The monoisotopic (exact) mass is 394 g/mol. The molecule has 0 aliphatic carbocycles. The molecule has 26 heavy (non-hydrogen) atoms. The maximum absolute atomic E-state index is 12.6. The molecular weight excluding hydrogens is 371 g/mol. The number of rotatable bonds is 4. The Balaban J connectivity index is 1.54. The molecule has 1 aromatic carbocycles. The number of benzene rings is 1. The first-order valence-electron chi connectivity index (χ1n) is 9.00. The quantitative estimate of drug-likeness (QED) is 0.804. The second-order valence-corrected chi connectivity index (χ2v) is 7.57. The molecule has 0 radical (unpaired) electrons. The van der Waals surface area contributed by atoms with Crippen LogP contribution in [0.25, 0.3) is 0 Å². The third-order valence-corrected chi connectivity index (χ3v) is 5.56. The smallest absolute Gasteiger partial charge is 0.317 e. The van der Waals surface area contributed by atoms with Crippen LogP contribution in [0.15, 0.2) is 30.6 Å². The second kappa shape index (κ2) is 8.31. The van der Waals surface area contributed by atoms with Gasteiger partial charge in [-0.3, -0.25) is 4.68 Å². The van der Waals surface area contributed by atoms with Crippen LogP contribution in [0.3, 0.4) is 0 Å². The Hall–Kier alpha value is -1.72. The van der Waals surface area contributed by atoms with Crippen molar-refractivity contribution in [3.63, 3.8) is 0 Å². The first kappa shape index (κ1) is 19.1. The van der Waals surface area contributed by atoms with Crippen LogP contribution < -0.4 is 5.32 Å². The number of likely N-dealkylation sites (tertiary alicyclic amines) is 1. The summed E-state index contributed by atoms with van der Waals surface area (Å²) in [6, 6.07) is 5.11. The van der Waals surface area contributed by atoms with Crippen molar-refractivity contribution < 1.29 is 4.79 Å². The molecule has 140 valence electrons. The minimum atomic E-state index is -0.173. The summed E-state index contributed by atoms with van der Waals surface area (Å²) in [6.45, 7) is 6.38. The summed E-state index contributed by atoms with van der Waals surface area (Å²) in [7, 11) is 0. The maximum Gasteiger partial charge on any atom is 0.317 e. The van der Waals surface area contributed by atoms with E-state index in [0.29, 0.717) is 16.0 Å². The molecule has 1 aromatic heterocycles.